The van der Waals surface area contributed by atoms with E-state index in [1.807, 2.05) is 66.7 Å². The number of hydrogen-bond donors (Lipinski definition) is 1. The van der Waals surface area contributed by atoms with Gasteiger partial charge in [-0.1, -0.05) is 60.7 Å². The minimum Gasteiger partial charge on any atom is -0.475 e. The first-order valence-electron chi connectivity index (χ1n) is 12.0. The van der Waals surface area contributed by atoms with Gasteiger partial charge in [-0.3, -0.25) is 0 Å². The van der Waals surface area contributed by atoms with Gasteiger partial charge in [0.25, 0.3) is 0 Å². The first-order valence-corrected chi connectivity index (χ1v) is 12.9. The second-order valence-electron chi connectivity index (χ2n) is 9.63. The van der Waals surface area contributed by atoms with Crippen LogP contribution in [0.3, 0.4) is 0 Å². The third-order valence-electron chi connectivity index (χ3n) is 7.54. The van der Waals surface area contributed by atoms with Gasteiger partial charge in [0.2, 0.25) is 5.89 Å². The van der Waals surface area contributed by atoms with Gasteiger partial charge in [-0.05, 0) is 28.6 Å². The zero-order chi connectivity index (χ0) is 23.0. The van der Waals surface area contributed by atoms with Crippen molar-refractivity contribution < 1.29 is 18.7 Å². The fourth-order valence-electron chi connectivity index (χ4n) is 5.71. The van der Waals surface area contributed by atoms with Crippen LogP contribution in [0.4, 0.5) is 0 Å². The average Bonchev–Trinajstić information content (AvgIpc) is 3.58. The van der Waals surface area contributed by atoms with E-state index in [1.54, 1.807) is 17.5 Å². The molecule has 3 aliphatic heterocycles. The number of fused-ring (bicyclic) bond motifs is 3. The predicted molar refractivity (Wildman–Crippen MR) is 132 cm³/mol. The number of oxazole rings is 1. The van der Waals surface area contributed by atoms with Crippen molar-refractivity contribution in [2.24, 2.45) is 5.92 Å². The number of aromatic nitrogens is 1. The molecule has 174 valence electrons. The minimum absolute atomic E-state index is 0.245. The third kappa shape index (κ3) is 3.86. The van der Waals surface area contributed by atoms with E-state index in [9.17, 15) is 5.11 Å². The van der Waals surface area contributed by atoms with Crippen molar-refractivity contribution in [1.82, 2.24) is 4.98 Å². The maximum atomic E-state index is 12.0. The molecule has 5 nitrogen and oxygen atoms in total. The first kappa shape index (κ1) is 21.6. The van der Waals surface area contributed by atoms with Gasteiger partial charge in [0.05, 0.1) is 19.3 Å². The van der Waals surface area contributed by atoms with E-state index in [4.69, 9.17) is 9.15 Å². The standard InChI is InChI=1S/C28H29N2O3S/c31-28(22-8-3-1-4-9-22,23-10-5-2-6-11-23)27-29-18-24(32-27)19-30-15-13-21(14-16-30)25(20-30)33-26-12-7-17-34-26/h1-12,17-18,21,25,31H,13-16,19-20H2/q+1/t21?,25-,30?/m0/s1. The van der Waals surface area contributed by atoms with Gasteiger partial charge in [-0.2, -0.15) is 0 Å². The summed E-state index contributed by atoms with van der Waals surface area (Å²) in [6.45, 7) is 4.02. The molecule has 0 radical (unpaired) electrons. The highest BCUT2D eigenvalue weighted by molar-refractivity contribution is 7.11. The van der Waals surface area contributed by atoms with Crippen molar-refractivity contribution in [3.05, 3.63) is 107 Å². The molecule has 0 aliphatic carbocycles. The van der Waals surface area contributed by atoms with Crippen molar-refractivity contribution in [3.63, 3.8) is 0 Å². The lowest BCUT2D eigenvalue weighted by atomic mass is 9.83. The number of hydrogen-bond acceptors (Lipinski definition) is 5. The summed E-state index contributed by atoms with van der Waals surface area (Å²) in [5.41, 5.74) is 0.0372. The van der Waals surface area contributed by atoms with Crippen LogP contribution >= 0.6 is 11.3 Å². The molecule has 2 aromatic heterocycles. The number of piperidine rings is 3. The normalized spacial score (nSPS) is 24.3. The molecule has 0 unspecified atom stereocenters. The number of quaternary nitrogens is 1. The molecule has 1 atom stereocenters. The van der Waals surface area contributed by atoms with Crippen molar-refractivity contribution >= 4 is 11.3 Å². The predicted octanol–water partition coefficient (Wildman–Crippen LogP) is 5.21. The number of rotatable bonds is 7. The lowest BCUT2D eigenvalue weighted by molar-refractivity contribution is -0.958. The lowest BCUT2D eigenvalue weighted by Gasteiger charge is -2.51. The highest BCUT2D eigenvalue weighted by atomic mass is 32.1. The number of aliphatic hydroxyl groups is 1. The molecule has 7 rings (SSSR count). The summed E-state index contributed by atoms with van der Waals surface area (Å²) in [6.07, 6.45) is 4.40. The Balaban J connectivity index is 1.28. The SMILES string of the molecule is OC(c1ccccc1)(c1ccccc1)c1ncc(C[N+]23CCC(CC2)[C@@H](Oc2cccs2)C3)o1. The van der Waals surface area contributed by atoms with Crippen molar-refractivity contribution in [3.8, 4) is 5.06 Å². The van der Waals surface area contributed by atoms with E-state index in [2.05, 4.69) is 16.4 Å². The molecule has 5 heterocycles. The van der Waals surface area contributed by atoms with Gasteiger partial charge in [0.1, 0.15) is 13.1 Å². The van der Waals surface area contributed by atoms with Gasteiger partial charge in [0.15, 0.2) is 22.5 Å². The van der Waals surface area contributed by atoms with Crippen LogP contribution in [0, 0.1) is 5.92 Å². The summed E-state index contributed by atoms with van der Waals surface area (Å²) >= 11 is 1.66. The Morgan fingerprint density at radius 2 is 1.65 bits per heavy atom. The first-order chi connectivity index (χ1) is 16.6. The molecule has 3 saturated heterocycles. The van der Waals surface area contributed by atoms with Crippen LogP contribution in [0.5, 0.6) is 5.06 Å². The quantitative estimate of drug-likeness (QED) is 0.375. The highest BCUT2D eigenvalue weighted by Gasteiger charge is 2.48. The monoisotopic (exact) mass is 473 g/mol. The van der Waals surface area contributed by atoms with E-state index >= 15 is 0 Å². The van der Waals surface area contributed by atoms with E-state index in [-0.39, 0.29) is 6.10 Å². The zero-order valence-electron chi connectivity index (χ0n) is 19.0. The Kier molecular flexibility index (Phi) is 5.52. The Labute approximate surface area is 203 Å². The summed E-state index contributed by atoms with van der Waals surface area (Å²) in [6, 6.07) is 23.4. The second-order valence-corrected chi connectivity index (χ2v) is 10.5. The summed E-state index contributed by atoms with van der Waals surface area (Å²) < 4.78 is 13.7. The molecule has 0 amide bonds. The second kappa shape index (κ2) is 8.69. The van der Waals surface area contributed by atoms with Crippen LogP contribution in [0.25, 0.3) is 0 Å². The van der Waals surface area contributed by atoms with E-state index < -0.39 is 5.60 Å². The van der Waals surface area contributed by atoms with Crippen LogP contribution < -0.4 is 4.74 Å². The molecule has 2 aromatic carbocycles. The Hall–Kier alpha value is -2.93. The summed E-state index contributed by atoms with van der Waals surface area (Å²) in [4.78, 5) is 4.61. The largest absolute Gasteiger partial charge is 0.475 e. The fraction of sp³-hybridized carbons (Fsp3) is 0.321. The van der Waals surface area contributed by atoms with Crippen LogP contribution in [0.1, 0.15) is 35.6 Å². The van der Waals surface area contributed by atoms with Gasteiger partial charge in [-0.25, -0.2) is 4.98 Å². The maximum absolute atomic E-state index is 12.0. The Morgan fingerprint density at radius 3 is 2.26 bits per heavy atom. The smallest absolute Gasteiger partial charge is 0.236 e. The number of nitrogens with zero attached hydrogens (tertiary/aromatic N) is 2. The van der Waals surface area contributed by atoms with E-state index in [0.29, 0.717) is 11.8 Å². The molecule has 34 heavy (non-hydrogen) atoms. The van der Waals surface area contributed by atoms with Crippen molar-refractivity contribution in [2.75, 3.05) is 19.6 Å². The summed E-state index contributed by atoms with van der Waals surface area (Å²) in [5, 5.41) is 15.1. The van der Waals surface area contributed by atoms with Crippen molar-refractivity contribution in [2.45, 2.75) is 31.1 Å². The lowest BCUT2D eigenvalue weighted by Crippen LogP contribution is -2.64. The molecule has 3 fully saturated rings. The molecule has 6 heteroatoms. The molecule has 0 saturated carbocycles. The highest BCUT2D eigenvalue weighted by Crippen LogP contribution is 2.40. The number of benzene rings is 2. The summed E-state index contributed by atoms with van der Waals surface area (Å²) in [5.74, 6) is 1.76. The maximum Gasteiger partial charge on any atom is 0.236 e. The van der Waals surface area contributed by atoms with Crippen LogP contribution in [-0.4, -0.2) is 40.3 Å². The van der Waals surface area contributed by atoms with Crippen molar-refractivity contribution in [1.29, 1.82) is 0 Å². The van der Waals surface area contributed by atoms with Gasteiger partial charge < -0.3 is 18.7 Å². The molecule has 2 bridgehead atoms. The van der Waals surface area contributed by atoms with Crippen LogP contribution in [-0.2, 0) is 12.1 Å². The summed E-state index contributed by atoms with van der Waals surface area (Å²) in [7, 11) is 0. The van der Waals surface area contributed by atoms with Gasteiger partial charge in [-0.15, -0.1) is 11.3 Å². The minimum atomic E-state index is -1.44. The molecular weight excluding hydrogens is 444 g/mol. The van der Waals surface area contributed by atoms with E-state index in [0.717, 1.165) is 52.6 Å². The molecule has 1 N–H and O–H groups in total. The molecular formula is C28H29N2O3S+. The molecule has 4 aromatic rings. The number of ether oxygens (including phenoxy) is 1. The van der Waals surface area contributed by atoms with Crippen LogP contribution in [0.15, 0.2) is 88.8 Å². The van der Waals surface area contributed by atoms with E-state index in [1.165, 1.54) is 12.8 Å². The van der Waals surface area contributed by atoms with Gasteiger partial charge in [0, 0.05) is 18.8 Å². The molecule has 3 aliphatic rings. The fourth-order valence-corrected chi connectivity index (χ4v) is 6.33. The topological polar surface area (TPSA) is 55.5 Å². The Morgan fingerprint density at radius 1 is 0.971 bits per heavy atom. The number of thiophene rings is 1. The van der Waals surface area contributed by atoms with Gasteiger partial charge >= 0.3 is 0 Å². The average molecular weight is 474 g/mol. The van der Waals surface area contributed by atoms with Crippen LogP contribution in [0.2, 0.25) is 0 Å². The Bertz CT molecular complexity index is 1180. The zero-order valence-corrected chi connectivity index (χ0v) is 19.9. The molecule has 0 spiro atoms. The third-order valence-corrected chi connectivity index (χ3v) is 8.30.